The third-order valence-electron chi connectivity index (χ3n) is 2.17. The van der Waals surface area contributed by atoms with Gasteiger partial charge < -0.3 is 0 Å². The van der Waals surface area contributed by atoms with Gasteiger partial charge in [0.25, 0.3) is 0 Å². The first-order chi connectivity index (χ1) is 6.69. The number of hydrogen-bond acceptors (Lipinski definition) is 3. The summed E-state index contributed by atoms with van der Waals surface area (Å²) in [6.07, 6.45) is 6.74. The third-order valence-corrected chi connectivity index (χ3v) is 2.17. The Morgan fingerprint density at radius 1 is 1.79 bits per heavy atom. The molecule has 0 aliphatic carbocycles. The van der Waals surface area contributed by atoms with E-state index in [2.05, 4.69) is 16.4 Å². The van der Waals surface area contributed by atoms with Crippen LogP contribution in [0.2, 0.25) is 0 Å². The maximum Gasteiger partial charge on any atom is 0.0638 e. The Morgan fingerprint density at radius 3 is 2.93 bits per heavy atom. The van der Waals surface area contributed by atoms with Gasteiger partial charge in [0.2, 0.25) is 0 Å². The largest absolute Gasteiger partial charge is 0.271 e. The van der Waals surface area contributed by atoms with Gasteiger partial charge in [0, 0.05) is 13.5 Å². The van der Waals surface area contributed by atoms with E-state index in [1.807, 2.05) is 24.7 Å². The minimum Gasteiger partial charge on any atom is -0.271 e. The van der Waals surface area contributed by atoms with Crippen molar-refractivity contribution in [2.45, 2.75) is 25.8 Å². The highest BCUT2D eigenvalue weighted by Gasteiger charge is 2.13. The lowest BCUT2D eigenvalue weighted by atomic mass is 10.1. The summed E-state index contributed by atoms with van der Waals surface area (Å²) in [5.74, 6) is 8.07. The molecule has 1 aromatic heterocycles. The average molecular weight is 192 g/mol. The number of terminal acetylenes is 1. The molecule has 76 valence electrons. The van der Waals surface area contributed by atoms with Crippen molar-refractivity contribution in [2.24, 2.45) is 12.9 Å². The number of rotatable bonds is 4. The maximum absolute atomic E-state index is 5.46. The van der Waals surface area contributed by atoms with Crippen molar-refractivity contribution in [3.05, 3.63) is 17.5 Å². The van der Waals surface area contributed by atoms with Gasteiger partial charge in [0.05, 0.1) is 17.4 Å². The Kier molecular flexibility index (Phi) is 3.69. The van der Waals surface area contributed by atoms with Crippen LogP contribution in [0.1, 0.15) is 30.3 Å². The molecular weight excluding hydrogens is 176 g/mol. The Balaban J connectivity index is 2.79. The quantitative estimate of drug-likeness (QED) is 0.418. The Morgan fingerprint density at radius 2 is 2.50 bits per heavy atom. The number of hydrazine groups is 1. The van der Waals surface area contributed by atoms with Crippen molar-refractivity contribution in [1.82, 2.24) is 15.2 Å². The second-order valence-electron chi connectivity index (χ2n) is 3.30. The smallest absolute Gasteiger partial charge is 0.0638 e. The van der Waals surface area contributed by atoms with Crippen molar-refractivity contribution in [2.75, 3.05) is 0 Å². The van der Waals surface area contributed by atoms with Gasteiger partial charge in [-0.05, 0) is 19.4 Å². The van der Waals surface area contributed by atoms with Crippen LogP contribution in [0.4, 0.5) is 0 Å². The average Bonchev–Trinajstić information content (AvgIpc) is 2.47. The molecule has 0 aliphatic rings. The second-order valence-corrected chi connectivity index (χ2v) is 3.30. The van der Waals surface area contributed by atoms with Crippen molar-refractivity contribution >= 4 is 0 Å². The Labute approximate surface area is 84.5 Å². The zero-order chi connectivity index (χ0) is 10.6. The molecule has 1 aromatic rings. The predicted molar refractivity (Wildman–Crippen MR) is 56.1 cm³/mol. The lowest BCUT2D eigenvalue weighted by Crippen LogP contribution is -2.29. The van der Waals surface area contributed by atoms with E-state index in [4.69, 9.17) is 12.3 Å². The van der Waals surface area contributed by atoms with E-state index in [1.54, 1.807) is 0 Å². The van der Waals surface area contributed by atoms with Crippen LogP contribution in [0, 0.1) is 19.3 Å². The SMILES string of the molecule is C#CCCC(NN)c1cc(C)nn1C. The molecule has 14 heavy (non-hydrogen) atoms. The van der Waals surface area contributed by atoms with Crippen LogP contribution >= 0.6 is 0 Å². The molecule has 0 saturated carbocycles. The van der Waals surface area contributed by atoms with Crippen molar-refractivity contribution in [3.8, 4) is 12.3 Å². The number of nitrogens with one attached hydrogen (secondary N) is 1. The normalized spacial score (nSPS) is 12.4. The van der Waals surface area contributed by atoms with Gasteiger partial charge in [0.15, 0.2) is 0 Å². The molecule has 3 N–H and O–H groups in total. The van der Waals surface area contributed by atoms with E-state index < -0.39 is 0 Å². The third kappa shape index (κ3) is 2.34. The first-order valence-electron chi connectivity index (χ1n) is 4.59. The van der Waals surface area contributed by atoms with Crippen molar-refractivity contribution < 1.29 is 0 Å². The van der Waals surface area contributed by atoms with Crippen LogP contribution in [-0.2, 0) is 7.05 Å². The van der Waals surface area contributed by atoms with Gasteiger partial charge in [-0.2, -0.15) is 5.10 Å². The number of aromatic nitrogens is 2. The van der Waals surface area contributed by atoms with E-state index >= 15 is 0 Å². The van der Waals surface area contributed by atoms with E-state index in [1.165, 1.54) is 0 Å². The number of nitrogens with zero attached hydrogens (tertiary/aromatic N) is 2. The molecule has 0 radical (unpaired) electrons. The van der Waals surface area contributed by atoms with Crippen LogP contribution in [0.15, 0.2) is 6.07 Å². The molecule has 1 heterocycles. The molecular formula is C10H16N4. The summed E-state index contributed by atoms with van der Waals surface area (Å²) in [5, 5.41) is 4.26. The summed E-state index contributed by atoms with van der Waals surface area (Å²) in [6, 6.07) is 2.10. The lowest BCUT2D eigenvalue weighted by Gasteiger charge is -2.14. The van der Waals surface area contributed by atoms with Crippen molar-refractivity contribution in [3.63, 3.8) is 0 Å². The molecule has 1 rings (SSSR count). The van der Waals surface area contributed by atoms with Crippen LogP contribution in [0.3, 0.4) is 0 Å². The Hall–Kier alpha value is -1.31. The zero-order valence-electron chi connectivity index (χ0n) is 8.62. The minimum absolute atomic E-state index is 0.0808. The Bertz CT molecular complexity index is 334. The fourth-order valence-corrected chi connectivity index (χ4v) is 1.50. The van der Waals surface area contributed by atoms with Crippen LogP contribution in [0.5, 0.6) is 0 Å². The number of nitrogens with two attached hydrogens (primary N) is 1. The van der Waals surface area contributed by atoms with E-state index in [0.29, 0.717) is 6.42 Å². The maximum atomic E-state index is 5.46. The van der Waals surface area contributed by atoms with Gasteiger partial charge in [-0.1, -0.05) is 0 Å². The van der Waals surface area contributed by atoms with Crippen LogP contribution in [0.25, 0.3) is 0 Å². The number of hydrogen-bond donors (Lipinski definition) is 2. The highest BCUT2D eigenvalue weighted by Crippen LogP contribution is 2.17. The number of aryl methyl sites for hydroxylation is 2. The molecule has 0 saturated heterocycles. The first-order valence-corrected chi connectivity index (χ1v) is 4.59. The van der Waals surface area contributed by atoms with Crippen molar-refractivity contribution in [1.29, 1.82) is 0 Å². The van der Waals surface area contributed by atoms with Gasteiger partial charge in [-0.3, -0.25) is 16.0 Å². The highest BCUT2D eigenvalue weighted by molar-refractivity contribution is 5.13. The van der Waals surface area contributed by atoms with E-state index in [0.717, 1.165) is 17.8 Å². The predicted octanol–water partition coefficient (Wildman–Crippen LogP) is 0.646. The monoisotopic (exact) mass is 192 g/mol. The topological polar surface area (TPSA) is 55.9 Å². The molecule has 0 spiro atoms. The second kappa shape index (κ2) is 4.80. The summed E-state index contributed by atoms with van der Waals surface area (Å²) in [6.45, 7) is 1.96. The first kappa shape index (κ1) is 10.8. The van der Waals surface area contributed by atoms with Gasteiger partial charge in [-0.15, -0.1) is 12.3 Å². The minimum atomic E-state index is 0.0808. The molecule has 1 atom stereocenters. The fraction of sp³-hybridized carbons (Fsp3) is 0.500. The van der Waals surface area contributed by atoms with Gasteiger partial charge in [0.1, 0.15) is 0 Å². The van der Waals surface area contributed by atoms with E-state index in [-0.39, 0.29) is 6.04 Å². The fourth-order valence-electron chi connectivity index (χ4n) is 1.50. The molecule has 0 fully saturated rings. The van der Waals surface area contributed by atoms with Gasteiger partial charge in [-0.25, -0.2) is 0 Å². The van der Waals surface area contributed by atoms with E-state index in [9.17, 15) is 0 Å². The highest BCUT2D eigenvalue weighted by atomic mass is 15.3. The summed E-state index contributed by atoms with van der Waals surface area (Å²) in [5.41, 5.74) is 4.81. The standard InChI is InChI=1S/C10H16N4/c1-4-5-6-9(12-11)10-7-8(2)13-14(10)3/h1,7,9,12H,5-6,11H2,2-3H3. The molecule has 1 unspecified atom stereocenters. The lowest BCUT2D eigenvalue weighted by molar-refractivity contribution is 0.486. The van der Waals surface area contributed by atoms with Crippen LogP contribution in [-0.4, -0.2) is 9.78 Å². The molecule has 4 nitrogen and oxygen atoms in total. The molecule has 0 amide bonds. The molecule has 4 heteroatoms. The molecule has 0 bridgehead atoms. The van der Waals surface area contributed by atoms with Crippen LogP contribution < -0.4 is 11.3 Å². The zero-order valence-corrected chi connectivity index (χ0v) is 8.62. The summed E-state index contributed by atoms with van der Waals surface area (Å²) >= 11 is 0. The van der Waals surface area contributed by atoms with Gasteiger partial charge >= 0.3 is 0 Å². The molecule has 0 aromatic carbocycles. The summed E-state index contributed by atoms with van der Waals surface area (Å²) in [4.78, 5) is 0. The molecule has 0 aliphatic heterocycles. The summed E-state index contributed by atoms with van der Waals surface area (Å²) in [7, 11) is 1.91. The summed E-state index contributed by atoms with van der Waals surface area (Å²) < 4.78 is 1.83.